The number of aryl methyl sites for hydroxylation is 1. The van der Waals surface area contributed by atoms with Crippen LogP contribution in [0.5, 0.6) is 0 Å². The molecule has 6 heteroatoms. The topological polar surface area (TPSA) is 89.3 Å². The van der Waals surface area contributed by atoms with Crippen molar-refractivity contribution in [2.45, 2.75) is 13.8 Å². The van der Waals surface area contributed by atoms with Crippen molar-refractivity contribution < 1.29 is 5.21 Å². The lowest BCUT2D eigenvalue weighted by Gasteiger charge is -2.06. The van der Waals surface area contributed by atoms with Gasteiger partial charge in [-0.3, -0.25) is 4.98 Å². The van der Waals surface area contributed by atoms with Crippen LogP contribution in [0.4, 0.5) is 0 Å². The lowest BCUT2D eigenvalue weighted by Crippen LogP contribution is -2.15. The van der Waals surface area contributed by atoms with Gasteiger partial charge in [-0.1, -0.05) is 5.16 Å². The number of imidazole rings is 1. The predicted octanol–water partition coefficient (Wildman–Crippen LogP) is 0.979. The van der Waals surface area contributed by atoms with Crippen LogP contribution >= 0.6 is 0 Å². The van der Waals surface area contributed by atoms with Crippen LogP contribution in [-0.2, 0) is 0 Å². The number of rotatable bonds is 2. The molecule has 0 radical (unpaired) electrons. The van der Waals surface area contributed by atoms with Crippen LogP contribution < -0.4 is 5.73 Å². The first-order chi connectivity index (χ1) is 8.13. The first kappa shape index (κ1) is 11.1. The summed E-state index contributed by atoms with van der Waals surface area (Å²) in [7, 11) is 0. The molecule has 17 heavy (non-hydrogen) atoms. The summed E-state index contributed by atoms with van der Waals surface area (Å²) in [6.45, 7) is 3.92. The second-order valence-electron chi connectivity index (χ2n) is 3.67. The Bertz CT molecular complexity index is 573. The molecule has 0 fully saturated rings. The first-order valence-electron chi connectivity index (χ1n) is 5.08. The third-order valence-electron chi connectivity index (χ3n) is 2.64. The summed E-state index contributed by atoms with van der Waals surface area (Å²) in [4.78, 5) is 8.24. The number of aromatic nitrogens is 3. The maximum Gasteiger partial charge on any atom is 0.188 e. The number of nitrogens with zero attached hydrogens (tertiary/aromatic N) is 4. The molecular formula is C11H13N5O. The van der Waals surface area contributed by atoms with Gasteiger partial charge in [-0.05, 0) is 26.0 Å². The van der Waals surface area contributed by atoms with Gasteiger partial charge >= 0.3 is 0 Å². The molecule has 0 unspecified atom stereocenters. The molecule has 0 aliphatic rings. The number of pyridine rings is 1. The van der Waals surface area contributed by atoms with Gasteiger partial charge in [0, 0.05) is 11.9 Å². The largest absolute Gasteiger partial charge is 0.409 e. The number of oxime groups is 1. The predicted molar refractivity (Wildman–Crippen MR) is 63.3 cm³/mol. The third kappa shape index (κ3) is 1.96. The Morgan fingerprint density at radius 3 is 2.76 bits per heavy atom. The van der Waals surface area contributed by atoms with Crippen molar-refractivity contribution >= 4 is 5.84 Å². The quantitative estimate of drug-likeness (QED) is 0.349. The molecule has 88 valence electrons. The summed E-state index contributed by atoms with van der Waals surface area (Å²) in [6, 6.07) is 3.57. The van der Waals surface area contributed by atoms with Gasteiger partial charge in [0.2, 0.25) is 0 Å². The van der Waals surface area contributed by atoms with Crippen LogP contribution in [0.2, 0.25) is 0 Å². The Balaban J connectivity index is 2.50. The number of hydrogen-bond acceptors (Lipinski definition) is 4. The van der Waals surface area contributed by atoms with Gasteiger partial charge in [-0.25, -0.2) is 4.98 Å². The molecule has 3 N–H and O–H groups in total. The molecule has 0 saturated heterocycles. The summed E-state index contributed by atoms with van der Waals surface area (Å²) >= 11 is 0. The van der Waals surface area contributed by atoms with Gasteiger partial charge in [0.1, 0.15) is 5.69 Å². The normalized spacial score (nSPS) is 11.8. The second-order valence-corrected chi connectivity index (χ2v) is 3.67. The molecule has 2 heterocycles. The van der Waals surface area contributed by atoms with Crippen LogP contribution in [-0.4, -0.2) is 25.6 Å². The van der Waals surface area contributed by atoms with Crippen LogP contribution in [0.1, 0.15) is 17.1 Å². The van der Waals surface area contributed by atoms with Gasteiger partial charge in [0.15, 0.2) is 5.84 Å². The van der Waals surface area contributed by atoms with Gasteiger partial charge in [0.05, 0.1) is 17.7 Å². The molecule has 0 aromatic carbocycles. The zero-order valence-electron chi connectivity index (χ0n) is 9.62. The minimum Gasteiger partial charge on any atom is -0.409 e. The minimum atomic E-state index is -0.0126. The van der Waals surface area contributed by atoms with Crippen LogP contribution in [0.3, 0.4) is 0 Å². The van der Waals surface area contributed by atoms with Crippen molar-refractivity contribution in [1.29, 1.82) is 0 Å². The minimum absolute atomic E-state index is 0.0126. The second kappa shape index (κ2) is 4.25. The highest BCUT2D eigenvalue weighted by Gasteiger charge is 2.07. The van der Waals surface area contributed by atoms with E-state index in [2.05, 4.69) is 15.1 Å². The molecule has 2 aromatic heterocycles. The van der Waals surface area contributed by atoms with E-state index in [9.17, 15) is 0 Å². The van der Waals surface area contributed by atoms with E-state index in [0.717, 1.165) is 17.1 Å². The lowest BCUT2D eigenvalue weighted by atomic mass is 10.3. The van der Waals surface area contributed by atoms with Crippen molar-refractivity contribution in [2.75, 3.05) is 0 Å². The Morgan fingerprint density at radius 1 is 1.41 bits per heavy atom. The summed E-state index contributed by atoms with van der Waals surface area (Å²) in [6.07, 6.45) is 3.34. The van der Waals surface area contributed by atoms with Crippen molar-refractivity contribution in [3.05, 3.63) is 41.7 Å². The van der Waals surface area contributed by atoms with Gasteiger partial charge in [-0.2, -0.15) is 0 Å². The van der Waals surface area contributed by atoms with E-state index in [-0.39, 0.29) is 5.84 Å². The summed E-state index contributed by atoms with van der Waals surface area (Å²) in [5, 5.41) is 11.5. The van der Waals surface area contributed by atoms with E-state index in [4.69, 9.17) is 10.9 Å². The van der Waals surface area contributed by atoms with E-state index in [0.29, 0.717) is 5.69 Å². The van der Waals surface area contributed by atoms with Gasteiger partial charge in [-0.15, -0.1) is 0 Å². The Labute approximate surface area is 98.4 Å². The molecule has 2 aromatic rings. The van der Waals surface area contributed by atoms with E-state index >= 15 is 0 Å². The number of hydrogen-bond donors (Lipinski definition) is 2. The molecule has 2 rings (SSSR count). The molecule has 0 aliphatic heterocycles. The Kier molecular flexibility index (Phi) is 2.78. The van der Waals surface area contributed by atoms with Crippen molar-refractivity contribution in [1.82, 2.24) is 14.5 Å². The van der Waals surface area contributed by atoms with Crippen LogP contribution in [0.25, 0.3) is 5.69 Å². The summed E-state index contributed by atoms with van der Waals surface area (Å²) < 4.78 is 1.92. The van der Waals surface area contributed by atoms with Gasteiger partial charge in [0.25, 0.3) is 0 Å². The molecule has 0 amide bonds. The molecule has 0 aliphatic carbocycles. The molecule has 0 atom stereocenters. The highest BCUT2D eigenvalue weighted by Crippen LogP contribution is 2.13. The zero-order valence-corrected chi connectivity index (χ0v) is 9.62. The average Bonchev–Trinajstić information content (AvgIpc) is 2.69. The lowest BCUT2D eigenvalue weighted by molar-refractivity contribution is 0.318. The smallest absolute Gasteiger partial charge is 0.188 e. The third-order valence-corrected chi connectivity index (χ3v) is 2.64. The van der Waals surface area contributed by atoms with E-state index in [1.807, 2.05) is 24.5 Å². The monoisotopic (exact) mass is 231 g/mol. The zero-order chi connectivity index (χ0) is 12.4. The van der Waals surface area contributed by atoms with Crippen LogP contribution in [0, 0.1) is 13.8 Å². The maximum absolute atomic E-state index is 8.61. The highest BCUT2D eigenvalue weighted by atomic mass is 16.4. The molecule has 0 saturated carbocycles. The Morgan fingerprint density at radius 2 is 2.18 bits per heavy atom. The number of nitrogens with two attached hydrogens (primary N) is 1. The van der Waals surface area contributed by atoms with E-state index in [1.54, 1.807) is 18.6 Å². The fraction of sp³-hybridized carbons (Fsp3) is 0.182. The first-order valence-corrected chi connectivity index (χ1v) is 5.08. The van der Waals surface area contributed by atoms with E-state index in [1.165, 1.54) is 0 Å². The fourth-order valence-corrected chi connectivity index (χ4v) is 1.52. The molecule has 0 spiro atoms. The summed E-state index contributed by atoms with van der Waals surface area (Å²) in [5.74, 6) is -0.0126. The summed E-state index contributed by atoms with van der Waals surface area (Å²) in [5.41, 5.74) is 8.81. The maximum atomic E-state index is 8.61. The Hall–Kier alpha value is -2.37. The standard InChI is InChI=1S/C11H13N5O/c1-7-8(2)16(6-14-7)9-3-4-13-10(5-9)11(12)15-17/h3-6,17H,1-2H3,(H2,12,15). The van der Waals surface area contributed by atoms with E-state index < -0.39 is 0 Å². The fourth-order valence-electron chi connectivity index (χ4n) is 1.52. The number of amidine groups is 1. The highest BCUT2D eigenvalue weighted by molar-refractivity contribution is 5.95. The molecular weight excluding hydrogens is 218 g/mol. The van der Waals surface area contributed by atoms with Gasteiger partial charge < -0.3 is 15.5 Å². The molecule has 0 bridgehead atoms. The molecule has 6 nitrogen and oxygen atoms in total. The average molecular weight is 231 g/mol. The SMILES string of the molecule is Cc1ncn(-c2ccnc(C(N)=NO)c2)c1C. The van der Waals surface area contributed by atoms with Crippen molar-refractivity contribution in [3.63, 3.8) is 0 Å². The van der Waals surface area contributed by atoms with Crippen molar-refractivity contribution in [3.8, 4) is 5.69 Å². The van der Waals surface area contributed by atoms with Crippen LogP contribution in [0.15, 0.2) is 29.8 Å². The van der Waals surface area contributed by atoms with Crippen molar-refractivity contribution in [2.24, 2.45) is 10.9 Å².